The van der Waals surface area contributed by atoms with Crippen LogP contribution in [0, 0.1) is 0 Å². The zero-order chi connectivity index (χ0) is 11.5. The van der Waals surface area contributed by atoms with E-state index in [1.165, 1.54) is 18.2 Å². The maximum atomic E-state index is 13.3. The van der Waals surface area contributed by atoms with Gasteiger partial charge in [0.2, 0.25) is 15.3 Å². The minimum Gasteiger partial charge on any atom is -0.507 e. The number of sulfone groups is 1. The second kappa shape index (κ2) is 4.59. The van der Waals surface area contributed by atoms with Crippen LogP contribution in [0.4, 0.5) is 4.39 Å². The third kappa shape index (κ3) is 2.45. The molecule has 0 saturated carbocycles. The third-order valence-corrected chi connectivity index (χ3v) is 3.77. The summed E-state index contributed by atoms with van der Waals surface area (Å²) in [6.07, 6.45) is -0.281. The van der Waals surface area contributed by atoms with E-state index >= 15 is 0 Å². The molecule has 84 valence electrons. The Bertz CT molecular complexity index is 433. The van der Waals surface area contributed by atoms with Crippen molar-refractivity contribution >= 4 is 9.84 Å². The van der Waals surface area contributed by atoms with Gasteiger partial charge in [0.25, 0.3) is 0 Å². The monoisotopic (exact) mass is 233 g/mol. The van der Waals surface area contributed by atoms with Crippen molar-refractivity contribution in [1.82, 2.24) is 0 Å². The van der Waals surface area contributed by atoms with E-state index in [1.54, 1.807) is 0 Å². The normalized spacial score (nSPS) is 13.7. The fourth-order valence-corrected chi connectivity index (χ4v) is 2.47. The largest absolute Gasteiger partial charge is 0.507 e. The third-order valence-electron chi connectivity index (χ3n) is 1.90. The lowest BCUT2D eigenvalue weighted by Gasteiger charge is -2.09. The number of nitrogens with two attached hydrogens (primary N) is 1. The molecule has 0 bridgehead atoms. The first-order valence-corrected chi connectivity index (χ1v) is 5.91. The van der Waals surface area contributed by atoms with Gasteiger partial charge in [-0.05, 0) is 18.7 Å². The summed E-state index contributed by atoms with van der Waals surface area (Å²) < 4.78 is 36.4. The molecule has 6 heteroatoms. The Morgan fingerprint density at radius 1 is 1.40 bits per heavy atom. The van der Waals surface area contributed by atoms with Crippen molar-refractivity contribution in [3.63, 3.8) is 0 Å². The van der Waals surface area contributed by atoms with Gasteiger partial charge in [0.1, 0.15) is 10.6 Å². The van der Waals surface area contributed by atoms with E-state index in [1.807, 2.05) is 0 Å². The summed E-state index contributed by atoms with van der Waals surface area (Å²) in [7, 11) is -4.13. The van der Waals surface area contributed by atoms with Crippen LogP contribution in [-0.2, 0) is 9.84 Å². The summed E-state index contributed by atoms with van der Waals surface area (Å²) >= 11 is 0. The van der Waals surface area contributed by atoms with Crippen molar-refractivity contribution in [2.75, 3.05) is 6.54 Å². The molecular formula is C9H12FNO3S. The first-order chi connectivity index (χ1) is 7.00. The van der Waals surface area contributed by atoms with Crippen LogP contribution in [0.2, 0.25) is 0 Å². The topological polar surface area (TPSA) is 80.4 Å². The minimum atomic E-state index is -4.13. The van der Waals surface area contributed by atoms with Gasteiger partial charge >= 0.3 is 0 Å². The molecule has 0 amide bonds. The molecule has 0 fully saturated rings. The molecule has 1 unspecified atom stereocenters. The molecule has 1 aromatic carbocycles. The van der Waals surface area contributed by atoms with Gasteiger partial charge in [-0.1, -0.05) is 12.1 Å². The molecule has 4 nitrogen and oxygen atoms in total. The quantitative estimate of drug-likeness (QED) is 0.806. The summed E-state index contributed by atoms with van der Waals surface area (Å²) in [5.41, 5.74) is 3.00. The van der Waals surface area contributed by atoms with E-state index < -0.39 is 26.0 Å². The summed E-state index contributed by atoms with van der Waals surface area (Å²) in [4.78, 5) is -0.397. The highest BCUT2D eigenvalue weighted by atomic mass is 32.2. The number of para-hydroxylation sites is 1. The van der Waals surface area contributed by atoms with Crippen molar-refractivity contribution in [3.8, 4) is 5.75 Å². The Morgan fingerprint density at radius 3 is 2.53 bits per heavy atom. The highest BCUT2D eigenvalue weighted by molar-refractivity contribution is 7.92. The van der Waals surface area contributed by atoms with E-state index in [0.717, 1.165) is 6.07 Å². The lowest BCUT2D eigenvalue weighted by atomic mass is 10.3. The molecule has 0 aromatic heterocycles. The summed E-state index contributed by atoms with van der Waals surface area (Å²) in [5.74, 6) is -0.447. The lowest BCUT2D eigenvalue weighted by molar-refractivity contribution is 0.398. The Kier molecular flexibility index (Phi) is 3.65. The van der Waals surface area contributed by atoms with Gasteiger partial charge in [-0.25, -0.2) is 12.8 Å². The number of hydrogen-bond donors (Lipinski definition) is 2. The van der Waals surface area contributed by atoms with Gasteiger partial charge in [0.15, 0.2) is 0 Å². The van der Waals surface area contributed by atoms with E-state index in [9.17, 15) is 17.9 Å². The zero-order valence-corrected chi connectivity index (χ0v) is 8.74. The molecular weight excluding hydrogens is 221 g/mol. The standard InChI is InChI=1S/C9H12FNO3S/c10-9(5-6-11)15(13,14)8-4-2-1-3-7(8)12/h1-4,9,12H,5-6,11H2. The van der Waals surface area contributed by atoms with Gasteiger partial charge in [0, 0.05) is 6.42 Å². The number of halogens is 1. The van der Waals surface area contributed by atoms with Crippen molar-refractivity contribution in [2.45, 2.75) is 16.8 Å². The molecule has 15 heavy (non-hydrogen) atoms. The van der Waals surface area contributed by atoms with Crippen LogP contribution in [0.1, 0.15) is 6.42 Å². The average molecular weight is 233 g/mol. The van der Waals surface area contributed by atoms with Crippen molar-refractivity contribution in [1.29, 1.82) is 0 Å². The molecule has 1 atom stereocenters. The lowest BCUT2D eigenvalue weighted by Crippen LogP contribution is -2.20. The van der Waals surface area contributed by atoms with Gasteiger partial charge in [0.05, 0.1) is 0 Å². The smallest absolute Gasteiger partial charge is 0.214 e. The molecule has 0 heterocycles. The SMILES string of the molecule is NCCC(F)S(=O)(=O)c1ccccc1O. The molecule has 0 saturated heterocycles. The van der Waals surface area contributed by atoms with Crippen LogP contribution in [0.15, 0.2) is 29.2 Å². The van der Waals surface area contributed by atoms with Crippen molar-refractivity contribution < 1.29 is 17.9 Å². The fourth-order valence-electron chi connectivity index (χ4n) is 1.12. The molecule has 3 N–H and O–H groups in total. The van der Waals surface area contributed by atoms with E-state index in [0.29, 0.717) is 0 Å². The Morgan fingerprint density at radius 2 is 2.00 bits per heavy atom. The van der Waals surface area contributed by atoms with Crippen LogP contribution < -0.4 is 5.73 Å². The van der Waals surface area contributed by atoms with E-state index in [2.05, 4.69) is 0 Å². The average Bonchev–Trinajstić information content (AvgIpc) is 2.18. The predicted octanol–water partition coefficient (Wildman–Crippen LogP) is 0.810. The maximum absolute atomic E-state index is 13.3. The molecule has 1 aromatic rings. The minimum absolute atomic E-state index is 0.0615. The van der Waals surface area contributed by atoms with E-state index in [4.69, 9.17) is 5.73 Å². The molecule has 1 rings (SSSR count). The zero-order valence-electron chi connectivity index (χ0n) is 7.93. The van der Waals surface area contributed by atoms with Gasteiger partial charge < -0.3 is 10.8 Å². The Labute approximate surface area is 87.5 Å². The van der Waals surface area contributed by atoms with Crippen LogP contribution in [0.25, 0.3) is 0 Å². The van der Waals surface area contributed by atoms with Crippen molar-refractivity contribution in [2.24, 2.45) is 5.73 Å². The highest BCUT2D eigenvalue weighted by Gasteiger charge is 2.28. The Hall–Kier alpha value is -1.14. The van der Waals surface area contributed by atoms with Crippen LogP contribution in [0.5, 0.6) is 5.75 Å². The Balaban J connectivity index is 3.12. The predicted molar refractivity (Wildman–Crippen MR) is 53.9 cm³/mol. The first kappa shape index (κ1) is 11.9. The summed E-state index contributed by atoms with van der Waals surface area (Å²) in [6, 6.07) is 5.24. The number of rotatable bonds is 4. The number of phenols is 1. The molecule has 0 aliphatic carbocycles. The molecule has 0 aliphatic rings. The van der Waals surface area contributed by atoms with Crippen LogP contribution in [0.3, 0.4) is 0 Å². The molecule has 0 radical (unpaired) electrons. The number of aromatic hydroxyl groups is 1. The van der Waals surface area contributed by atoms with Crippen LogP contribution >= 0.6 is 0 Å². The van der Waals surface area contributed by atoms with Crippen LogP contribution in [-0.4, -0.2) is 25.6 Å². The number of benzene rings is 1. The number of phenolic OH excluding ortho intramolecular Hbond substituents is 1. The number of alkyl halides is 1. The fraction of sp³-hybridized carbons (Fsp3) is 0.333. The molecule has 0 aliphatic heterocycles. The maximum Gasteiger partial charge on any atom is 0.214 e. The second-order valence-corrected chi connectivity index (χ2v) is 5.04. The summed E-state index contributed by atoms with van der Waals surface area (Å²) in [6.45, 7) is -0.0615. The van der Waals surface area contributed by atoms with Gasteiger partial charge in [-0.3, -0.25) is 0 Å². The highest BCUT2D eigenvalue weighted by Crippen LogP contribution is 2.26. The van der Waals surface area contributed by atoms with E-state index in [-0.39, 0.29) is 13.0 Å². The van der Waals surface area contributed by atoms with Crippen molar-refractivity contribution in [3.05, 3.63) is 24.3 Å². The second-order valence-electron chi connectivity index (χ2n) is 3.00. The first-order valence-electron chi connectivity index (χ1n) is 4.36. The van der Waals surface area contributed by atoms with Gasteiger partial charge in [-0.2, -0.15) is 0 Å². The molecule has 0 spiro atoms. The number of hydrogen-bond acceptors (Lipinski definition) is 4. The van der Waals surface area contributed by atoms with Gasteiger partial charge in [-0.15, -0.1) is 0 Å². The summed E-state index contributed by atoms with van der Waals surface area (Å²) in [5, 5.41) is 9.29.